The van der Waals surface area contributed by atoms with Gasteiger partial charge in [0.25, 0.3) is 0 Å². The molecule has 0 aliphatic heterocycles. The van der Waals surface area contributed by atoms with Gasteiger partial charge in [0.2, 0.25) is 0 Å². The number of thiazole rings is 1. The van der Waals surface area contributed by atoms with Crippen molar-refractivity contribution in [3.8, 4) is 5.75 Å². The largest absolute Gasteiger partial charge is 0.491 e. The third-order valence-electron chi connectivity index (χ3n) is 4.24. The van der Waals surface area contributed by atoms with Crippen LogP contribution in [0.25, 0.3) is 0 Å². The van der Waals surface area contributed by atoms with Crippen molar-refractivity contribution in [2.45, 2.75) is 38.3 Å². The number of hydrogen-bond donors (Lipinski definition) is 1. The number of rotatable bonds is 6. The molecule has 1 aromatic carbocycles. The van der Waals surface area contributed by atoms with Gasteiger partial charge in [0.05, 0.1) is 10.7 Å². The average molecular weight is 332 g/mol. The Morgan fingerprint density at radius 3 is 2.96 bits per heavy atom. The van der Waals surface area contributed by atoms with Crippen molar-refractivity contribution in [1.82, 2.24) is 9.88 Å². The second kappa shape index (κ2) is 7.43. The van der Waals surface area contributed by atoms with Gasteiger partial charge in [0.15, 0.2) is 0 Å². The molecule has 3 rings (SSSR count). The number of aryl methyl sites for hydroxylation is 2. The van der Waals surface area contributed by atoms with E-state index in [-0.39, 0.29) is 0 Å². The van der Waals surface area contributed by atoms with Crippen LogP contribution >= 0.6 is 11.3 Å². The Hall–Kier alpha value is -1.43. The first-order valence-electron chi connectivity index (χ1n) is 8.16. The van der Waals surface area contributed by atoms with E-state index in [0.29, 0.717) is 19.2 Å². The molecule has 1 aliphatic rings. The zero-order valence-electron chi connectivity index (χ0n) is 13.7. The summed E-state index contributed by atoms with van der Waals surface area (Å²) >= 11 is 1.80. The molecule has 0 radical (unpaired) electrons. The van der Waals surface area contributed by atoms with Crippen LogP contribution in [0.1, 0.15) is 34.5 Å². The number of fused-ring (bicyclic) bond motifs is 1. The summed E-state index contributed by atoms with van der Waals surface area (Å²) < 4.78 is 5.64. The topological polar surface area (TPSA) is 45.6 Å². The van der Waals surface area contributed by atoms with Crippen LogP contribution in [-0.2, 0) is 6.42 Å². The van der Waals surface area contributed by atoms with Gasteiger partial charge in [-0.2, -0.15) is 0 Å². The number of aliphatic hydroxyl groups is 1. The molecule has 0 saturated heterocycles. The SMILES string of the molecule is Cc1nc2c(s1)C(N(C)CC(O)COc1ccccc1)CCC2. The fourth-order valence-electron chi connectivity index (χ4n) is 3.16. The number of hydrogen-bond acceptors (Lipinski definition) is 5. The molecular weight excluding hydrogens is 308 g/mol. The van der Waals surface area contributed by atoms with Gasteiger partial charge in [-0.15, -0.1) is 11.3 Å². The van der Waals surface area contributed by atoms with Crippen LogP contribution in [0.5, 0.6) is 5.75 Å². The Morgan fingerprint density at radius 1 is 1.39 bits per heavy atom. The van der Waals surface area contributed by atoms with Crippen molar-refractivity contribution in [2.75, 3.05) is 20.2 Å². The first-order chi connectivity index (χ1) is 11.1. The lowest BCUT2D eigenvalue weighted by Crippen LogP contribution is -2.36. The van der Waals surface area contributed by atoms with Crippen LogP contribution in [0.2, 0.25) is 0 Å². The van der Waals surface area contributed by atoms with E-state index in [0.717, 1.165) is 23.6 Å². The molecule has 124 valence electrons. The van der Waals surface area contributed by atoms with Crippen LogP contribution in [0.3, 0.4) is 0 Å². The van der Waals surface area contributed by atoms with Crippen LogP contribution < -0.4 is 4.74 Å². The van der Waals surface area contributed by atoms with E-state index in [1.54, 1.807) is 11.3 Å². The third-order valence-corrected chi connectivity index (χ3v) is 5.36. The number of likely N-dealkylation sites (N-methyl/N-ethyl adjacent to an activating group) is 1. The van der Waals surface area contributed by atoms with E-state index >= 15 is 0 Å². The first-order valence-corrected chi connectivity index (χ1v) is 8.97. The summed E-state index contributed by atoms with van der Waals surface area (Å²) in [5.74, 6) is 0.798. The molecule has 4 nitrogen and oxygen atoms in total. The van der Waals surface area contributed by atoms with Crippen molar-refractivity contribution >= 4 is 11.3 Å². The van der Waals surface area contributed by atoms with Gasteiger partial charge < -0.3 is 9.84 Å². The van der Waals surface area contributed by atoms with Crippen LogP contribution in [0.15, 0.2) is 30.3 Å². The average Bonchev–Trinajstić information content (AvgIpc) is 2.93. The van der Waals surface area contributed by atoms with E-state index in [1.807, 2.05) is 30.3 Å². The molecule has 1 aromatic heterocycles. The van der Waals surface area contributed by atoms with E-state index in [9.17, 15) is 5.11 Å². The lowest BCUT2D eigenvalue weighted by atomic mass is 9.97. The quantitative estimate of drug-likeness (QED) is 0.882. The molecule has 2 unspecified atom stereocenters. The summed E-state index contributed by atoms with van der Waals surface area (Å²) in [4.78, 5) is 8.27. The summed E-state index contributed by atoms with van der Waals surface area (Å²) in [6.45, 7) is 2.99. The van der Waals surface area contributed by atoms with Crippen LogP contribution in [0.4, 0.5) is 0 Å². The molecule has 1 heterocycles. The van der Waals surface area contributed by atoms with Gasteiger partial charge in [-0.1, -0.05) is 18.2 Å². The zero-order valence-corrected chi connectivity index (χ0v) is 14.6. The molecule has 23 heavy (non-hydrogen) atoms. The fourth-order valence-corrected chi connectivity index (χ4v) is 4.33. The van der Waals surface area contributed by atoms with Gasteiger partial charge >= 0.3 is 0 Å². The zero-order chi connectivity index (χ0) is 16.2. The molecular formula is C18H24N2O2S. The van der Waals surface area contributed by atoms with Crippen molar-refractivity contribution in [2.24, 2.45) is 0 Å². The lowest BCUT2D eigenvalue weighted by molar-refractivity contribution is 0.0603. The molecule has 2 aromatic rings. The normalized spacial score (nSPS) is 18.7. The highest BCUT2D eigenvalue weighted by Crippen LogP contribution is 2.37. The van der Waals surface area contributed by atoms with Crippen molar-refractivity contribution in [3.63, 3.8) is 0 Å². The monoisotopic (exact) mass is 332 g/mol. The van der Waals surface area contributed by atoms with Crippen LogP contribution in [0, 0.1) is 6.92 Å². The molecule has 2 atom stereocenters. The van der Waals surface area contributed by atoms with Crippen molar-refractivity contribution in [3.05, 3.63) is 45.9 Å². The number of benzene rings is 1. The Kier molecular flexibility index (Phi) is 5.30. The smallest absolute Gasteiger partial charge is 0.119 e. The molecule has 1 aliphatic carbocycles. The lowest BCUT2D eigenvalue weighted by Gasteiger charge is -2.32. The summed E-state index contributed by atoms with van der Waals surface area (Å²) in [6.07, 6.45) is 2.89. The fraction of sp³-hybridized carbons (Fsp3) is 0.500. The Morgan fingerprint density at radius 2 is 2.17 bits per heavy atom. The van der Waals surface area contributed by atoms with E-state index in [2.05, 4.69) is 23.9 Å². The van der Waals surface area contributed by atoms with Gasteiger partial charge in [0, 0.05) is 17.5 Å². The first kappa shape index (κ1) is 16.4. The predicted octanol–water partition coefficient (Wildman–Crippen LogP) is 3.20. The van der Waals surface area contributed by atoms with E-state index < -0.39 is 6.10 Å². The summed E-state index contributed by atoms with van der Waals surface area (Å²) in [5, 5.41) is 11.4. The molecule has 0 fully saturated rings. The van der Waals surface area contributed by atoms with Crippen molar-refractivity contribution in [1.29, 1.82) is 0 Å². The van der Waals surface area contributed by atoms with Gasteiger partial charge in [-0.25, -0.2) is 4.98 Å². The number of nitrogens with zero attached hydrogens (tertiary/aromatic N) is 2. The molecule has 0 saturated carbocycles. The summed E-state index contributed by atoms with van der Waals surface area (Å²) in [5.41, 5.74) is 1.26. The Bertz CT molecular complexity index is 629. The molecule has 1 N–H and O–H groups in total. The maximum absolute atomic E-state index is 10.3. The highest BCUT2D eigenvalue weighted by atomic mass is 32.1. The van der Waals surface area contributed by atoms with Gasteiger partial charge in [-0.3, -0.25) is 4.90 Å². The molecule has 0 spiro atoms. The summed E-state index contributed by atoms with van der Waals surface area (Å²) in [6, 6.07) is 10.0. The molecule has 5 heteroatoms. The van der Waals surface area contributed by atoms with Gasteiger partial charge in [0.1, 0.15) is 18.5 Å². The molecule has 0 bridgehead atoms. The number of ether oxygens (including phenoxy) is 1. The standard InChI is InChI=1S/C18H24N2O2S/c1-13-19-16-9-6-10-17(18(16)23-13)20(2)11-14(21)12-22-15-7-4-3-5-8-15/h3-5,7-8,14,17,21H,6,9-12H2,1-2H3. The molecule has 0 amide bonds. The van der Waals surface area contributed by atoms with E-state index in [4.69, 9.17) is 4.74 Å². The number of para-hydroxylation sites is 1. The highest BCUT2D eigenvalue weighted by Gasteiger charge is 2.28. The number of aromatic nitrogens is 1. The Labute approximate surface area is 141 Å². The second-order valence-electron chi connectivity index (χ2n) is 6.17. The minimum Gasteiger partial charge on any atom is -0.491 e. The van der Waals surface area contributed by atoms with Crippen LogP contribution in [-0.4, -0.2) is 41.3 Å². The summed E-state index contributed by atoms with van der Waals surface area (Å²) in [7, 11) is 2.08. The highest BCUT2D eigenvalue weighted by molar-refractivity contribution is 7.11. The predicted molar refractivity (Wildman–Crippen MR) is 93.1 cm³/mol. The number of aliphatic hydroxyl groups excluding tert-OH is 1. The maximum atomic E-state index is 10.3. The second-order valence-corrected chi connectivity index (χ2v) is 7.40. The van der Waals surface area contributed by atoms with E-state index in [1.165, 1.54) is 17.0 Å². The minimum atomic E-state index is -0.500. The van der Waals surface area contributed by atoms with Crippen molar-refractivity contribution < 1.29 is 9.84 Å². The van der Waals surface area contributed by atoms with Gasteiger partial charge in [-0.05, 0) is 45.4 Å². The third kappa shape index (κ3) is 4.10. The Balaban J connectivity index is 1.55. The minimum absolute atomic E-state index is 0.315. The maximum Gasteiger partial charge on any atom is 0.119 e.